The molecule has 0 fully saturated rings. The van der Waals surface area contributed by atoms with Crippen LogP contribution >= 0.6 is 0 Å². The average molecular weight is 315 g/mol. The summed E-state index contributed by atoms with van der Waals surface area (Å²) in [7, 11) is 0. The second-order valence-electron chi connectivity index (χ2n) is 6.52. The van der Waals surface area contributed by atoms with Gasteiger partial charge in [-0.2, -0.15) is 5.10 Å². The lowest BCUT2D eigenvalue weighted by Gasteiger charge is -2.16. The van der Waals surface area contributed by atoms with E-state index in [0.29, 0.717) is 11.6 Å². The highest BCUT2D eigenvalue weighted by atomic mass is 19.1. The first kappa shape index (κ1) is 15.7. The monoisotopic (exact) mass is 315 g/mol. The van der Waals surface area contributed by atoms with Gasteiger partial charge in [-0.1, -0.05) is 13.8 Å². The normalized spacial score (nSPS) is 14.8. The van der Waals surface area contributed by atoms with E-state index in [4.69, 9.17) is 0 Å². The van der Waals surface area contributed by atoms with E-state index in [-0.39, 0.29) is 17.8 Å². The topological polar surface area (TPSA) is 46.9 Å². The predicted octanol–water partition coefficient (Wildman–Crippen LogP) is 3.27. The van der Waals surface area contributed by atoms with Crippen molar-refractivity contribution in [1.82, 2.24) is 15.1 Å². The van der Waals surface area contributed by atoms with Gasteiger partial charge >= 0.3 is 0 Å². The highest BCUT2D eigenvalue weighted by Gasteiger charge is 2.27. The Balaban J connectivity index is 1.95. The zero-order valence-corrected chi connectivity index (χ0v) is 13.8. The molecule has 0 saturated heterocycles. The third-order valence-electron chi connectivity index (χ3n) is 4.58. The lowest BCUT2D eigenvalue weighted by molar-refractivity contribution is 0.0924. The van der Waals surface area contributed by atoms with Crippen molar-refractivity contribution >= 4 is 5.91 Å². The number of fused-ring (bicyclic) bond motifs is 1. The molecule has 1 amide bonds. The number of rotatable bonds is 4. The molecule has 1 aromatic heterocycles. The van der Waals surface area contributed by atoms with Crippen molar-refractivity contribution in [3.05, 3.63) is 47.0 Å². The largest absolute Gasteiger partial charge is 0.348 e. The molecule has 1 N–H and O–H groups in total. The molecular formula is C18H22FN3O. The van der Waals surface area contributed by atoms with Crippen molar-refractivity contribution in [3.8, 4) is 5.69 Å². The fourth-order valence-corrected chi connectivity index (χ4v) is 2.86. The lowest BCUT2D eigenvalue weighted by atomic mass is 10.1. The number of hydrogen-bond acceptors (Lipinski definition) is 2. The van der Waals surface area contributed by atoms with Gasteiger partial charge in [0, 0.05) is 17.3 Å². The van der Waals surface area contributed by atoms with Gasteiger partial charge in [0.15, 0.2) is 5.69 Å². The first-order valence-corrected chi connectivity index (χ1v) is 8.15. The molecule has 23 heavy (non-hydrogen) atoms. The van der Waals surface area contributed by atoms with Crippen LogP contribution < -0.4 is 5.32 Å². The molecule has 0 bridgehead atoms. The van der Waals surface area contributed by atoms with Crippen molar-refractivity contribution in [2.75, 3.05) is 0 Å². The van der Waals surface area contributed by atoms with Crippen LogP contribution in [0.5, 0.6) is 0 Å². The Bertz CT molecular complexity index is 719. The first-order valence-electron chi connectivity index (χ1n) is 8.15. The molecule has 1 unspecified atom stereocenters. The number of nitrogens with one attached hydrogen (secondary N) is 1. The van der Waals surface area contributed by atoms with Crippen LogP contribution in [0.15, 0.2) is 24.3 Å². The van der Waals surface area contributed by atoms with E-state index in [1.807, 2.05) is 6.92 Å². The van der Waals surface area contributed by atoms with Gasteiger partial charge in [-0.05, 0) is 56.4 Å². The second kappa shape index (κ2) is 6.14. The molecule has 0 aliphatic heterocycles. The van der Waals surface area contributed by atoms with Crippen LogP contribution in [-0.2, 0) is 12.8 Å². The van der Waals surface area contributed by atoms with Crippen LogP contribution in [0.2, 0.25) is 0 Å². The molecule has 0 saturated carbocycles. The van der Waals surface area contributed by atoms with Gasteiger partial charge in [0.2, 0.25) is 0 Å². The summed E-state index contributed by atoms with van der Waals surface area (Å²) in [6.07, 6.45) is 2.79. The summed E-state index contributed by atoms with van der Waals surface area (Å²) < 4.78 is 14.9. The Morgan fingerprint density at radius 2 is 1.91 bits per heavy atom. The molecule has 0 radical (unpaired) electrons. The number of carbonyl (C=O) groups is 1. The highest BCUT2D eigenvalue weighted by molar-refractivity contribution is 5.94. The Morgan fingerprint density at radius 3 is 2.57 bits per heavy atom. The summed E-state index contributed by atoms with van der Waals surface area (Å²) in [6.45, 7) is 6.15. The Hall–Kier alpha value is -2.17. The summed E-state index contributed by atoms with van der Waals surface area (Å²) in [5.74, 6) is -0.0299. The second-order valence-corrected chi connectivity index (χ2v) is 6.52. The van der Waals surface area contributed by atoms with Gasteiger partial charge in [0.05, 0.1) is 5.69 Å². The number of amides is 1. The highest BCUT2D eigenvalue weighted by Crippen LogP contribution is 2.28. The average Bonchev–Trinajstić information content (AvgIpc) is 3.10. The van der Waals surface area contributed by atoms with E-state index in [1.54, 1.807) is 16.8 Å². The van der Waals surface area contributed by atoms with Crippen molar-refractivity contribution in [2.45, 2.75) is 46.1 Å². The molecule has 122 valence electrons. The molecule has 5 heteroatoms. The van der Waals surface area contributed by atoms with E-state index in [0.717, 1.165) is 36.2 Å². The van der Waals surface area contributed by atoms with Crippen molar-refractivity contribution in [1.29, 1.82) is 0 Å². The number of carbonyl (C=O) groups excluding carboxylic acids is 1. The number of aromatic nitrogens is 2. The molecule has 0 spiro atoms. The number of nitrogens with zero attached hydrogens (tertiary/aromatic N) is 2. The maximum atomic E-state index is 13.1. The standard InChI is InChI=1S/C18H22FN3O/c1-11(2)12(3)20-18(23)17-15-5-4-6-16(15)22(21-17)14-9-7-13(19)8-10-14/h7-12H,4-6H2,1-3H3,(H,20,23). The summed E-state index contributed by atoms with van der Waals surface area (Å²) in [6, 6.07) is 6.31. The minimum atomic E-state index is -0.277. The van der Waals surface area contributed by atoms with Crippen LogP contribution in [0.25, 0.3) is 5.69 Å². The van der Waals surface area contributed by atoms with Gasteiger partial charge in [0.25, 0.3) is 5.91 Å². The third-order valence-corrected chi connectivity index (χ3v) is 4.58. The zero-order chi connectivity index (χ0) is 16.6. The van der Waals surface area contributed by atoms with Crippen molar-refractivity contribution in [3.63, 3.8) is 0 Å². The molecule has 1 atom stereocenters. The Labute approximate surface area is 135 Å². The van der Waals surface area contributed by atoms with Crippen LogP contribution in [0.1, 0.15) is 48.9 Å². The fraction of sp³-hybridized carbons (Fsp3) is 0.444. The smallest absolute Gasteiger partial charge is 0.272 e. The van der Waals surface area contributed by atoms with Gasteiger partial charge in [-0.15, -0.1) is 0 Å². The number of benzene rings is 1. The summed E-state index contributed by atoms with van der Waals surface area (Å²) >= 11 is 0. The van der Waals surface area contributed by atoms with E-state index < -0.39 is 0 Å². The summed E-state index contributed by atoms with van der Waals surface area (Å²) in [4.78, 5) is 12.6. The van der Waals surface area contributed by atoms with E-state index in [1.165, 1.54) is 12.1 Å². The van der Waals surface area contributed by atoms with Crippen LogP contribution in [0.4, 0.5) is 4.39 Å². The summed E-state index contributed by atoms with van der Waals surface area (Å²) in [5.41, 5.74) is 3.40. The third kappa shape index (κ3) is 3.00. The van der Waals surface area contributed by atoms with E-state index in [9.17, 15) is 9.18 Å². The van der Waals surface area contributed by atoms with Crippen LogP contribution in [0, 0.1) is 11.7 Å². The fourth-order valence-electron chi connectivity index (χ4n) is 2.86. The van der Waals surface area contributed by atoms with Crippen molar-refractivity contribution in [2.24, 2.45) is 5.92 Å². The molecule has 2 aromatic rings. The molecule has 1 heterocycles. The van der Waals surface area contributed by atoms with Gasteiger partial charge in [-0.3, -0.25) is 4.79 Å². The maximum Gasteiger partial charge on any atom is 0.272 e. The van der Waals surface area contributed by atoms with Gasteiger partial charge in [0.1, 0.15) is 5.82 Å². The van der Waals surface area contributed by atoms with Gasteiger partial charge < -0.3 is 5.32 Å². The lowest BCUT2D eigenvalue weighted by Crippen LogP contribution is -2.36. The Morgan fingerprint density at radius 1 is 1.22 bits per heavy atom. The van der Waals surface area contributed by atoms with E-state index >= 15 is 0 Å². The molecule has 3 rings (SSSR count). The number of hydrogen-bond donors (Lipinski definition) is 1. The first-order chi connectivity index (χ1) is 11.0. The SMILES string of the molecule is CC(C)C(C)NC(=O)c1nn(-c2ccc(F)cc2)c2c1CCC2. The van der Waals surface area contributed by atoms with E-state index in [2.05, 4.69) is 24.3 Å². The molecule has 1 aliphatic carbocycles. The molecule has 1 aliphatic rings. The zero-order valence-electron chi connectivity index (χ0n) is 13.8. The quantitative estimate of drug-likeness (QED) is 0.941. The molecule has 4 nitrogen and oxygen atoms in total. The predicted molar refractivity (Wildman–Crippen MR) is 87.3 cm³/mol. The summed E-state index contributed by atoms with van der Waals surface area (Å²) in [5, 5.41) is 7.55. The maximum absolute atomic E-state index is 13.1. The molecule has 1 aromatic carbocycles. The Kier molecular flexibility index (Phi) is 4.20. The minimum Gasteiger partial charge on any atom is -0.348 e. The number of halogens is 1. The molecular weight excluding hydrogens is 293 g/mol. The minimum absolute atomic E-state index is 0.0931. The van der Waals surface area contributed by atoms with Crippen LogP contribution in [-0.4, -0.2) is 21.7 Å². The van der Waals surface area contributed by atoms with Gasteiger partial charge in [-0.25, -0.2) is 9.07 Å². The van der Waals surface area contributed by atoms with Crippen LogP contribution in [0.3, 0.4) is 0 Å². The van der Waals surface area contributed by atoms with Crippen molar-refractivity contribution < 1.29 is 9.18 Å².